The van der Waals surface area contributed by atoms with Gasteiger partial charge in [0.25, 0.3) is 5.82 Å². The fraction of sp³-hybridized carbons (Fsp3) is 0.400. The molecule has 0 saturated carbocycles. The van der Waals surface area contributed by atoms with E-state index in [1.165, 1.54) is 6.07 Å². The monoisotopic (exact) mass is 434 g/mol. The second-order valence-electron chi connectivity index (χ2n) is 7.44. The van der Waals surface area contributed by atoms with Gasteiger partial charge in [-0.25, -0.2) is 0 Å². The van der Waals surface area contributed by atoms with Crippen LogP contribution in [0.2, 0.25) is 0 Å². The van der Waals surface area contributed by atoms with Crippen LogP contribution < -0.4 is 15.0 Å². The molecule has 0 aliphatic carbocycles. The fourth-order valence-electron chi connectivity index (χ4n) is 3.65. The number of carbonyl (C=O) groups is 1. The minimum Gasteiger partial charge on any atom is -0.495 e. The van der Waals surface area contributed by atoms with Crippen molar-refractivity contribution in [3.8, 4) is 5.75 Å². The van der Waals surface area contributed by atoms with Crippen LogP contribution in [0.25, 0.3) is 5.65 Å². The number of aromatic nitrogens is 4. The van der Waals surface area contributed by atoms with Gasteiger partial charge in [0.1, 0.15) is 11.6 Å². The first-order valence-corrected chi connectivity index (χ1v) is 9.76. The van der Waals surface area contributed by atoms with E-state index in [0.717, 1.165) is 5.56 Å². The summed E-state index contributed by atoms with van der Waals surface area (Å²) in [5.74, 6) is -0.512. The van der Waals surface area contributed by atoms with E-state index in [4.69, 9.17) is 4.74 Å². The first kappa shape index (κ1) is 20.9. The Hall–Kier alpha value is -3.37. The highest BCUT2D eigenvalue weighted by Crippen LogP contribution is 2.30. The number of nitrogens with one attached hydrogen (secondary N) is 1. The van der Waals surface area contributed by atoms with Gasteiger partial charge < -0.3 is 15.0 Å². The molecule has 1 aliphatic rings. The quantitative estimate of drug-likeness (QED) is 0.678. The minimum absolute atomic E-state index is 0.0254. The predicted octanol–water partition coefficient (Wildman–Crippen LogP) is 3.32. The molecule has 1 amide bonds. The molecule has 4 rings (SSSR count). The summed E-state index contributed by atoms with van der Waals surface area (Å²) in [6.45, 7) is 2.91. The number of fused-ring (bicyclic) bond motifs is 1. The summed E-state index contributed by atoms with van der Waals surface area (Å²) in [6.07, 6.45) is -3.55. The predicted molar refractivity (Wildman–Crippen MR) is 107 cm³/mol. The van der Waals surface area contributed by atoms with Crippen LogP contribution in [0.3, 0.4) is 0 Å². The Kier molecular flexibility index (Phi) is 5.42. The largest absolute Gasteiger partial charge is 0.495 e. The average Bonchev–Trinajstić information content (AvgIpc) is 3.18. The third-order valence-corrected chi connectivity index (χ3v) is 5.30. The summed E-state index contributed by atoms with van der Waals surface area (Å²) in [5.41, 5.74) is 1.64. The standard InChI is InChI=1S/C20H21F3N6O2/c1-12-3-4-15(31-2)14(11-12)24-18(30)13-7-9-28(10-8-13)17-6-5-16-25-26-19(20(21,22)23)29(16)27-17/h3-6,11,13H,7-10H2,1-2H3,(H,24,30). The molecule has 164 valence electrons. The molecule has 2 aromatic heterocycles. The first-order chi connectivity index (χ1) is 14.8. The van der Waals surface area contributed by atoms with Crippen molar-refractivity contribution in [1.29, 1.82) is 0 Å². The van der Waals surface area contributed by atoms with E-state index in [1.807, 2.05) is 24.0 Å². The maximum Gasteiger partial charge on any atom is 0.453 e. The van der Waals surface area contributed by atoms with Gasteiger partial charge in [-0.05, 0) is 49.6 Å². The number of hydrogen-bond acceptors (Lipinski definition) is 6. The van der Waals surface area contributed by atoms with Crippen LogP contribution in [-0.4, -0.2) is 45.9 Å². The first-order valence-electron chi connectivity index (χ1n) is 9.76. The average molecular weight is 434 g/mol. The number of ether oxygens (including phenoxy) is 1. The molecule has 8 nitrogen and oxygen atoms in total. The van der Waals surface area contributed by atoms with Gasteiger partial charge in [0.05, 0.1) is 12.8 Å². The Labute approximate surface area is 176 Å². The van der Waals surface area contributed by atoms with Crippen LogP contribution in [0.1, 0.15) is 24.2 Å². The van der Waals surface area contributed by atoms with Crippen LogP contribution in [-0.2, 0) is 11.0 Å². The zero-order valence-corrected chi connectivity index (χ0v) is 17.0. The van der Waals surface area contributed by atoms with Gasteiger partial charge in [-0.3, -0.25) is 4.79 Å². The zero-order chi connectivity index (χ0) is 22.2. The van der Waals surface area contributed by atoms with Gasteiger partial charge >= 0.3 is 6.18 Å². The maximum absolute atomic E-state index is 13.1. The topological polar surface area (TPSA) is 84.6 Å². The lowest BCUT2D eigenvalue weighted by Gasteiger charge is -2.32. The minimum atomic E-state index is -4.65. The molecule has 3 heterocycles. The van der Waals surface area contributed by atoms with Gasteiger partial charge in [0.15, 0.2) is 5.65 Å². The summed E-state index contributed by atoms with van der Waals surface area (Å²) in [6, 6.07) is 8.62. The number of methoxy groups -OCH3 is 1. The molecule has 11 heteroatoms. The second-order valence-corrected chi connectivity index (χ2v) is 7.44. The van der Waals surface area contributed by atoms with Crippen molar-refractivity contribution in [3.63, 3.8) is 0 Å². The molecular formula is C20H21F3N6O2. The molecule has 3 aromatic rings. The summed E-state index contributed by atoms with van der Waals surface area (Å²) in [4.78, 5) is 14.6. The van der Waals surface area contributed by atoms with Crippen LogP contribution in [0, 0.1) is 12.8 Å². The molecule has 0 unspecified atom stereocenters. The van der Waals surface area contributed by atoms with Gasteiger partial charge in [-0.15, -0.1) is 15.3 Å². The lowest BCUT2D eigenvalue weighted by Crippen LogP contribution is -2.38. The number of anilines is 2. The number of aryl methyl sites for hydroxylation is 1. The number of nitrogens with zero attached hydrogens (tertiary/aromatic N) is 5. The summed E-state index contributed by atoms with van der Waals surface area (Å²) in [5, 5.41) is 13.7. The van der Waals surface area contributed by atoms with E-state index in [0.29, 0.717) is 47.7 Å². The fourth-order valence-corrected chi connectivity index (χ4v) is 3.65. The number of halogens is 3. The van der Waals surface area contributed by atoms with Crippen LogP contribution in [0.4, 0.5) is 24.7 Å². The third-order valence-electron chi connectivity index (χ3n) is 5.30. The van der Waals surface area contributed by atoms with Crippen molar-refractivity contribution < 1.29 is 22.7 Å². The SMILES string of the molecule is COc1ccc(C)cc1NC(=O)C1CCN(c2ccc3nnc(C(F)(F)F)n3n2)CC1. The number of piperidine rings is 1. The van der Waals surface area contributed by atoms with Crippen LogP contribution in [0.15, 0.2) is 30.3 Å². The molecule has 0 radical (unpaired) electrons. The molecule has 0 bridgehead atoms. The van der Waals surface area contributed by atoms with E-state index in [2.05, 4.69) is 20.6 Å². The van der Waals surface area contributed by atoms with E-state index >= 15 is 0 Å². The highest BCUT2D eigenvalue weighted by molar-refractivity contribution is 5.94. The normalized spacial score (nSPS) is 15.3. The third kappa shape index (κ3) is 4.25. The van der Waals surface area contributed by atoms with Gasteiger partial charge in [-0.1, -0.05) is 6.07 Å². The highest BCUT2D eigenvalue weighted by Gasteiger charge is 2.38. The van der Waals surface area contributed by atoms with Gasteiger partial charge in [0, 0.05) is 19.0 Å². The lowest BCUT2D eigenvalue weighted by molar-refractivity contribution is -0.146. The lowest BCUT2D eigenvalue weighted by atomic mass is 9.95. The molecule has 1 aliphatic heterocycles. The molecule has 1 N–H and O–H groups in total. The molecule has 31 heavy (non-hydrogen) atoms. The Morgan fingerprint density at radius 2 is 1.90 bits per heavy atom. The summed E-state index contributed by atoms with van der Waals surface area (Å²) in [7, 11) is 1.54. The Morgan fingerprint density at radius 3 is 2.58 bits per heavy atom. The number of benzene rings is 1. The van der Waals surface area contributed by atoms with Crippen molar-refractivity contribution in [2.75, 3.05) is 30.4 Å². The van der Waals surface area contributed by atoms with E-state index in [1.54, 1.807) is 19.2 Å². The van der Waals surface area contributed by atoms with E-state index in [-0.39, 0.29) is 17.5 Å². The van der Waals surface area contributed by atoms with Crippen molar-refractivity contribution in [2.24, 2.45) is 5.92 Å². The van der Waals surface area contributed by atoms with Crippen LogP contribution in [0.5, 0.6) is 5.75 Å². The number of hydrogen-bond donors (Lipinski definition) is 1. The van der Waals surface area contributed by atoms with Crippen LogP contribution >= 0.6 is 0 Å². The number of rotatable bonds is 4. The second kappa shape index (κ2) is 8.05. The molecule has 1 aromatic carbocycles. The van der Waals surface area contributed by atoms with Crippen molar-refractivity contribution >= 4 is 23.1 Å². The molecule has 0 spiro atoms. The number of alkyl halides is 3. The number of carbonyl (C=O) groups excluding carboxylic acids is 1. The summed E-state index contributed by atoms with van der Waals surface area (Å²) < 4.78 is 45.3. The van der Waals surface area contributed by atoms with Gasteiger partial charge in [0.2, 0.25) is 5.91 Å². The maximum atomic E-state index is 13.1. The highest BCUT2D eigenvalue weighted by atomic mass is 19.4. The van der Waals surface area contributed by atoms with Gasteiger partial charge in [-0.2, -0.15) is 17.7 Å². The van der Waals surface area contributed by atoms with E-state index < -0.39 is 12.0 Å². The summed E-state index contributed by atoms with van der Waals surface area (Å²) >= 11 is 0. The molecule has 0 atom stereocenters. The van der Waals surface area contributed by atoms with E-state index in [9.17, 15) is 18.0 Å². The van der Waals surface area contributed by atoms with Crippen molar-refractivity contribution in [3.05, 3.63) is 41.7 Å². The molecular weight excluding hydrogens is 413 g/mol. The van der Waals surface area contributed by atoms with Crippen molar-refractivity contribution in [1.82, 2.24) is 19.8 Å². The Balaban J connectivity index is 1.44. The molecule has 1 fully saturated rings. The Bertz CT molecular complexity index is 1110. The smallest absolute Gasteiger partial charge is 0.453 e. The van der Waals surface area contributed by atoms with Crippen molar-refractivity contribution in [2.45, 2.75) is 25.9 Å². The molecule has 1 saturated heterocycles. The Morgan fingerprint density at radius 1 is 1.16 bits per heavy atom. The zero-order valence-electron chi connectivity index (χ0n) is 17.0. The number of amides is 1.